The molecule has 0 aliphatic carbocycles. The Hall–Kier alpha value is -1.36. The summed E-state index contributed by atoms with van der Waals surface area (Å²) < 4.78 is 2.18. The molecule has 1 atom stereocenters. The van der Waals surface area contributed by atoms with E-state index in [0.29, 0.717) is 13.1 Å². The zero-order valence-corrected chi connectivity index (χ0v) is 12.3. The van der Waals surface area contributed by atoms with Crippen LogP contribution in [0.25, 0.3) is 10.9 Å². The van der Waals surface area contributed by atoms with Crippen LogP contribution in [-0.4, -0.2) is 40.6 Å². The largest absolute Gasteiger partial charge is 0.396 e. The normalized spacial score (nSPS) is 13.0. The molecular weight excluding hydrogens is 252 g/mol. The van der Waals surface area contributed by atoms with Gasteiger partial charge in [0, 0.05) is 29.7 Å². The van der Waals surface area contributed by atoms with Gasteiger partial charge in [0.2, 0.25) is 0 Å². The van der Waals surface area contributed by atoms with Crippen molar-refractivity contribution >= 4 is 10.9 Å². The van der Waals surface area contributed by atoms with Gasteiger partial charge in [-0.05, 0) is 38.4 Å². The van der Waals surface area contributed by atoms with E-state index in [1.54, 1.807) is 0 Å². The van der Waals surface area contributed by atoms with Crippen LogP contribution in [0.2, 0.25) is 0 Å². The summed E-state index contributed by atoms with van der Waals surface area (Å²) in [6.45, 7) is 6.28. The topological polar surface area (TPSA) is 57.4 Å². The van der Waals surface area contributed by atoms with E-state index in [0.717, 1.165) is 13.0 Å². The predicted octanol–water partition coefficient (Wildman–Crippen LogP) is 1.59. The molecule has 0 aliphatic heterocycles. The minimum atomic E-state index is -0.428. The molecule has 4 heteroatoms. The van der Waals surface area contributed by atoms with E-state index in [1.165, 1.54) is 22.2 Å². The Balaban J connectivity index is 2.07. The molecule has 2 aromatic rings. The van der Waals surface area contributed by atoms with Gasteiger partial charge in [0.1, 0.15) is 0 Å². The number of nitrogens with zero attached hydrogens (tertiary/aromatic N) is 1. The second-order valence-corrected chi connectivity index (χ2v) is 5.27. The van der Waals surface area contributed by atoms with Crippen molar-refractivity contribution in [3.05, 3.63) is 35.5 Å². The van der Waals surface area contributed by atoms with Crippen molar-refractivity contribution in [3.63, 3.8) is 0 Å². The van der Waals surface area contributed by atoms with Gasteiger partial charge < -0.3 is 20.1 Å². The molecule has 110 valence electrons. The van der Waals surface area contributed by atoms with E-state index >= 15 is 0 Å². The molecule has 1 aromatic heterocycles. The first-order chi connectivity index (χ1) is 9.65. The van der Waals surface area contributed by atoms with Gasteiger partial charge in [-0.1, -0.05) is 18.2 Å². The second-order valence-electron chi connectivity index (χ2n) is 5.27. The van der Waals surface area contributed by atoms with E-state index in [4.69, 9.17) is 5.11 Å². The van der Waals surface area contributed by atoms with Crippen molar-refractivity contribution in [3.8, 4) is 0 Å². The fourth-order valence-corrected chi connectivity index (χ4v) is 2.59. The number of nitrogens with one attached hydrogen (secondary N) is 1. The number of rotatable bonds is 7. The van der Waals surface area contributed by atoms with Crippen molar-refractivity contribution in [1.82, 2.24) is 9.88 Å². The van der Waals surface area contributed by atoms with Gasteiger partial charge in [-0.15, -0.1) is 0 Å². The number of benzene rings is 1. The highest BCUT2D eigenvalue weighted by Crippen LogP contribution is 2.24. The van der Waals surface area contributed by atoms with Crippen molar-refractivity contribution in [2.45, 2.75) is 32.9 Å². The minimum absolute atomic E-state index is 0.184. The maximum absolute atomic E-state index is 10.1. The fraction of sp³-hybridized carbons (Fsp3) is 0.500. The summed E-state index contributed by atoms with van der Waals surface area (Å²) in [5, 5.41) is 23.3. The molecule has 0 bridgehead atoms. The Labute approximate surface area is 120 Å². The highest BCUT2D eigenvalue weighted by molar-refractivity contribution is 5.85. The molecule has 0 spiro atoms. The molecule has 0 radical (unpaired) electrons. The predicted molar refractivity (Wildman–Crippen MR) is 82.0 cm³/mol. The van der Waals surface area contributed by atoms with Crippen molar-refractivity contribution in [1.29, 1.82) is 0 Å². The first-order valence-electron chi connectivity index (χ1n) is 7.19. The van der Waals surface area contributed by atoms with Crippen LogP contribution in [0.4, 0.5) is 0 Å². The zero-order chi connectivity index (χ0) is 14.5. The van der Waals surface area contributed by atoms with Crippen LogP contribution in [0.5, 0.6) is 0 Å². The van der Waals surface area contributed by atoms with Gasteiger partial charge in [0.15, 0.2) is 0 Å². The fourth-order valence-electron chi connectivity index (χ4n) is 2.59. The summed E-state index contributed by atoms with van der Waals surface area (Å²) in [6, 6.07) is 8.30. The summed E-state index contributed by atoms with van der Waals surface area (Å²) >= 11 is 0. The molecule has 0 saturated heterocycles. The number of aliphatic hydroxyl groups excluding tert-OH is 2. The third kappa shape index (κ3) is 3.20. The minimum Gasteiger partial charge on any atom is -0.396 e. The highest BCUT2D eigenvalue weighted by atomic mass is 16.3. The van der Waals surface area contributed by atoms with Gasteiger partial charge in [0.05, 0.1) is 12.6 Å². The number of aliphatic hydroxyl groups is 2. The van der Waals surface area contributed by atoms with Crippen molar-refractivity contribution in [2.24, 2.45) is 0 Å². The van der Waals surface area contributed by atoms with Crippen LogP contribution >= 0.6 is 0 Å². The van der Waals surface area contributed by atoms with E-state index in [9.17, 15) is 5.11 Å². The molecule has 3 N–H and O–H groups in total. The van der Waals surface area contributed by atoms with Crippen molar-refractivity contribution in [2.75, 3.05) is 19.7 Å². The quantitative estimate of drug-likeness (QED) is 0.673. The SMILES string of the molecule is Cc1c(C)n(C[C@@H](O)CNCCCO)c2ccccc12. The maximum Gasteiger partial charge on any atom is 0.0843 e. The number of hydrogen-bond donors (Lipinski definition) is 3. The third-order valence-electron chi connectivity index (χ3n) is 3.83. The Kier molecular flexibility index (Phi) is 5.17. The number of fused-ring (bicyclic) bond motifs is 1. The average Bonchev–Trinajstić information content (AvgIpc) is 2.69. The molecule has 2 rings (SSSR count). The number of para-hydroxylation sites is 1. The Morgan fingerprint density at radius 1 is 1.25 bits per heavy atom. The molecule has 4 nitrogen and oxygen atoms in total. The summed E-state index contributed by atoms with van der Waals surface area (Å²) in [5.41, 5.74) is 3.67. The van der Waals surface area contributed by atoms with Gasteiger partial charge in [-0.25, -0.2) is 0 Å². The summed E-state index contributed by atoms with van der Waals surface area (Å²) in [4.78, 5) is 0. The lowest BCUT2D eigenvalue weighted by molar-refractivity contribution is 0.151. The number of aromatic nitrogens is 1. The van der Waals surface area contributed by atoms with Crippen LogP contribution in [-0.2, 0) is 6.54 Å². The molecule has 0 aliphatic rings. The molecular formula is C16H24N2O2. The van der Waals surface area contributed by atoms with E-state index < -0.39 is 6.10 Å². The Morgan fingerprint density at radius 3 is 2.75 bits per heavy atom. The Morgan fingerprint density at radius 2 is 2.00 bits per heavy atom. The van der Waals surface area contributed by atoms with E-state index in [1.807, 2.05) is 12.1 Å². The molecule has 0 fully saturated rings. The molecule has 20 heavy (non-hydrogen) atoms. The molecule has 0 saturated carbocycles. The first kappa shape index (κ1) is 15.0. The summed E-state index contributed by atoms with van der Waals surface area (Å²) in [7, 11) is 0. The zero-order valence-electron chi connectivity index (χ0n) is 12.3. The van der Waals surface area contributed by atoms with Crippen molar-refractivity contribution < 1.29 is 10.2 Å². The van der Waals surface area contributed by atoms with Crippen LogP contribution < -0.4 is 5.32 Å². The number of aryl methyl sites for hydroxylation is 1. The lowest BCUT2D eigenvalue weighted by Gasteiger charge is -2.15. The lowest BCUT2D eigenvalue weighted by atomic mass is 10.2. The number of hydrogen-bond acceptors (Lipinski definition) is 3. The van der Waals surface area contributed by atoms with Crippen LogP contribution in [0.3, 0.4) is 0 Å². The highest BCUT2D eigenvalue weighted by Gasteiger charge is 2.13. The maximum atomic E-state index is 10.1. The summed E-state index contributed by atoms with van der Waals surface area (Å²) in [6.07, 6.45) is 0.291. The standard InChI is InChI=1S/C16H24N2O2/c1-12-13(2)18(16-7-4-3-6-15(12)16)11-14(20)10-17-8-5-9-19/h3-4,6-7,14,17,19-20H,5,8-11H2,1-2H3/t14-/m0/s1. The third-order valence-corrected chi connectivity index (χ3v) is 3.83. The molecule has 1 aromatic carbocycles. The molecule has 1 heterocycles. The van der Waals surface area contributed by atoms with Gasteiger partial charge in [-0.3, -0.25) is 0 Å². The smallest absolute Gasteiger partial charge is 0.0843 e. The van der Waals surface area contributed by atoms with Gasteiger partial charge in [0.25, 0.3) is 0 Å². The van der Waals surface area contributed by atoms with Gasteiger partial charge >= 0.3 is 0 Å². The first-order valence-corrected chi connectivity index (χ1v) is 7.19. The second kappa shape index (κ2) is 6.88. The average molecular weight is 276 g/mol. The Bertz CT molecular complexity index is 563. The summed E-state index contributed by atoms with van der Waals surface area (Å²) in [5.74, 6) is 0. The van der Waals surface area contributed by atoms with Crippen LogP contribution in [0.15, 0.2) is 24.3 Å². The van der Waals surface area contributed by atoms with E-state index in [2.05, 4.69) is 35.9 Å². The van der Waals surface area contributed by atoms with Crippen LogP contribution in [0.1, 0.15) is 17.7 Å². The molecule has 0 unspecified atom stereocenters. The monoisotopic (exact) mass is 276 g/mol. The molecule has 0 amide bonds. The van der Waals surface area contributed by atoms with Gasteiger partial charge in [-0.2, -0.15) is 0 Å². The van der Waals surface area contributed by atoms with Crippen LogP contribution in [0, 0.1) is 13.8 Å². The lowest BCUT2D eigenvalue weighted by Crippen LogP contribution is -2.31. The van der Waals surface area contributed by atoms with E-state index in [-0.39, 0.29) is 6.61 Å².